The van der Waals surface area contributed by atoms with Crippen LogP contribution in [0.25, 0.3) is 32.3 Å². The molecular weight excluding hydrogens is 847 g/mol. The molecule has 0 aliphatic carbocycles. The Balaban J connectivity index is 0.000000153. The van der Waals surface area contributed by atoms with Crippen molar-refractivity contribution < 1.29 is 15.1 Å². The molecule has 0 heterocycles. The van der Waals surface area contributed by atoms with Crippen LogP contribution in [-0.2, 0) is 30.9 Å². The molecular formula is C63H67N3O3. The van der Waals surface area contributed by atoms with Crippen LogP contribution >= 0.6 is 0 Å². The molecule has 6 heteroatoms. The summed E-state index contributed by atoms with van der Waals surface area (Å²) in [5.74, 6) is 0. The van der Waals surface area contributed by atoms with Gasteiger partial charge in [-0.3, -0.25) is 9.74 Å². The molecule has 6 nitrogen and oxygen atoms in total. The van der Waals surface area contributed by atoms with E-state index in [4.69, 9.17) is 4.84 Å². The molecule has 0 aliphatic rings. The van der Waals surface area contributed by atoms with Gasteiger partial charge in [0.05, 0.1) is 6.10 Å². The van der Waals surface area contributed by atoms with Gasteiger partial charge in [-0.15, -0.1) is 6.58 Å². The number of benzene rings is 9. The van der Waals surface area contributed by atoms with Crippen molar-refractivity contribution in [2.45, 2.75) is 50.8 Å². The molecule has 9 aromatic carbocycles. The van der Waals surface area contributed by atoms with Crippen LogP contribution in [0.15, 0.2) is 231 Å². The molecule has 9 rings (SSSR count). The fraction of sp³-hybridized carbons (Fsp3) is 0.206. The monoisotopic (exact) mass is 914 g/mol. The molecule has 9 aromatic rings. The topological polar surface area (TPSA) is 59.4 Å². The third-order valence-corrected chi connectivity index (χ3v) is 12.4. The first-order chi connectivity index (χ1) is 33.7. The molecule has 0 radical (unpaired) electrons. The minimum atomic E-state index is -0.874. The van der Waals surface area contributed by atoms with Crippen LogP contribution < -0.4 is 0 Å². The first kappa shape index (κ1) is 50.1. The number of hydrogen-bond donors (Lipinski definition) is 2. The smallest absolute Gasteiger partial charge is 0.122 e. The highest BCUT2D eigenvalue weighted by Gasteiger charge is 2.20. The molecule has 0 aromatic heterocycles. The summed E-state index contributed by atoms with van der Waals surface area (Å²) in [6.07, 6.45) is 2.34. The number of hydroxylamine groups is 2. The van der Waals surface area contributed by atoms with Crippen molar-refractivity contribution >= 4 is 32.3 Å². The van der Waals surface area contributed by atoms with E-state index in [1.165, 1.54) is 61.0 Å². The Morgan fingerprint density at radius 1 is 0.464 bits per heavy atom. The van der Waals surface area contributed by atoms with Gasteiger partial charge in [0, 0.05) is 33.2 Å². The molecule has 0 amide bonds. The van der Waals surface area contributed by atoms with Crippen molar-refractivity contribution in [3.63, 3.8) is 0 Å². The van der Waals surface area contributed by atoms with Crippen molar-refractivity contribution in [1.29, 1.82) is 0 Å². The van der Waals surface area contributed by atoms with E-state index in [9.17, 15) is 10.2 Å². The zero-order chi connectivity index (χ0) is 48.2. The minimum absolute atomic E-state index is 0.142. The van der Waals surface area contributed by atoms with Crippen LogP contribution in [-0.4, -0.2) is 65.4 Å². The lowest BCUT2D eigenvalue weighted by molar-refractivity contribution is -0.175. The first-order valence-electron chi connectivity index (χ1n) is 24.0. The highest BCUT2D eigenvalue weighted by molar-refractivity contribution is 5.87. The average Bonchev–Trinajstić information content (AvgIpc) is 3.39. The van der Waals surface area contributed by atoms with Gasteiger partial charge in [0.2, 0.25) is 0 Å². The number of rotatable bonds is 18. The largest absolute Gasteiger partial charge is 0.389 e. The molecule has 0 saturated heterocycles. The Hall–Kier alpha value is -6.74. The Labute approximate surface area is 409 Å². The average molecular weight is 914 g/mol. The number of nitrogens with zero attached hydrogens (tertiary/aromatic N) is 3. The molecule has 0 fully saturated rings. The quantitative estimate of drug-likeness (QED) is 0.0661. The molecule has 0 aliphatic heterocycles. The fourth-order valence-electron chi connectivity index (χ4n) is 8.86. The van der Waals surface area contributed by atoms with Gasteiger partial charge in [-0.2, -0.15) is 5.06 Å². The van der Waals surface area contributed by atoms with E-state index in [1.807, 2.05) is 90.8 Å². The molecule has 3 atom stereocenters. The second kappa shape index (κ2) is 26.1. The van der Waals surface area contributed by atoms with Crippen LogP contribution in [0, 0.1) is 0 Å². The summed E-state index contributed by atoms with van der Waals surface area (Å²) in [6, 6.07) is 74.8. The standard InChI is InChI=1S/C21H23NO2.C21H21NO.C21H23N/c1-22(15-20(23)21(24)17-9-3-2-4-10-17)14-18-12-7-11-16-8-5-6-13-19(16)18;1-3-21(18-11-5-4-6-12-18)23-22(2)16-19-14-9-13-17-10-7-8-15-20(17)19;1-22(16-8-11-18-9-3-2-4-10-18)17-20-14-7-13-19-12-5-6-15-21(19)20/h2-13,20-21,23-24H,14-15H2,1H3;3-15,21H,1,16H2,2H3;2-7,9-10,12-15H,8,11,16-17H2,1H3/t20-,21-;;/m1../s1. The summed E-state index contributed by atoms with van der Waals surface area (Å²) in [7, 11) is 6.14. The van der Waals surface area contributed by atoms with Gasteiger partial charge in [-0.1, -0.05) is 224 Å². The third-order valence-electron chi connectivity index (χ3n) is 12.4. The molecule has 1 unspecified atom stereocenters. The maximum atomic E-state index is 10.3. The second-order valence-corrected chi connectivity index (χ2v) is 17.8. The summed E-state index contributed by atoms with van der Waals surface area (Å²) < 4.78 is 0. The number of likely N-dealkylation sites (N-methyl/N-ethyl adjacent to an activating group) is 1. The normalized spacial score (nSPS) is 12.6. The SMILES string of the molecule is C=CC(ON(C)Cc1cccc2ccccc12)c1ccccc1.CN(CCCc1ccccc1)Cc1cccc2ccccc12.CN(Cc1cccc2ccccc12)C[C@@H](O)[C@H](O)c1ccccc1. The Kier molecular flexibility index (Phi) is 19.0. The van der Waals surface area contributed by atoms with Gasteiger partial charge in [-0.25, -0.2) is 0 Å². The summed E-state index contributed by atoms with van der Waals surface area (Å²) in [5.41, 5.74) is 7.16. The van der Waals surface area contributed by atoms with E-state index in [1.54, 1.807) is 0 Å². The van der Waals surface area contributed by atoms with E-state index in [0.29, 0.717) is 6.54 Å². The van der Waals surface area contributed by atoms with Gasteiger partial charge in [0.25, 0.3) is 0 Å². The molecule has 0 spiro atoms. The molecule has 0 saturated carbocycles. The van der Waals surface area contributed by atoms with E-state index in [2.05, 4.69) is 176 Å². The van der Waals surface area contributed by atoms with Crippen LogP contribution in [0.3, 0.4) is 0 Å². The molecule has 0 bridgehead atoms. The maximum Gasteiger partial charge on any atom is 0.122 e. The number of aryl methyl sites for hydroxylation is 1. The van der Waals surface area contributed by atoms with Crippen LogP contribution in [0.5, 0.6) is 0 Å². The summed E-state index contributed by atoms with van der Waals surface area (Å²) in [5, 5.41) is 30.2. The predicted molar refractivity (Wildman–Crippen MR) is 289 cm³/mol. The second-order valence-electron chi connectivity index (χ2n) is 17.8. The van der Waals surface area contributed by atoms with Crippen molar-refractivity contribution in [1.82, 2.24) is 14.9 Å². The summed E-state index contributed by atoms with van der Waals surface area (Å²) in [4.78, 5) is 10.5. The number of aliphatic hydroxyl groups is 2. The van der Waals surface area contributed by atoms with Crippen molar-refractivity contribution in [3.8, 4) is 0 Å². The molecule has 2 N–H and O–H groups in total. The molecule has 69 heavy (non-hydrogen) atoms. The third kappa shape index (κ3) is 14.9. The molecule has 352 valence electrons. The summed E-state index contributed by atoms with van der Waals surface area (Å²) in [6.45, 7) is 7.87. The predicted octanol–water partition coefficient (Wildman–Crippen LogP) is 13.4. The van der Waals surface area contributed by atoms with Gasteiger partial charge in [-0.05, 0) is 99.2 Å². The van der Waals surface area contributed by atoms with Gasteiger partial charge >= 0.3 is 0 Å². The van der Waals surface area contributed by atoms with Crippen LogP contribution in [0.4, 0.5) is 0 Å². The zero-order valence-corrected chi connectivity index (χ0v) is 40.4. The summed E-state index contributed by atoms with van der Waals surface area (Å²) >= 11 is 0. The van der Waals surface area contributed by atoms with E-state index in [-0.39, 0.29) is 6.10 Å². The van der Waals surface area contributed by atoms with E-state index >= 15 is 0 Å². The van der Waals surface area contributed by atoms with Gasteiger partial charge in [0.15, 0.2) is 0 Å². The number of aliphatic hydroxyl groups excluding tert-OH is 2. The lowest BCUT2D eigenvalue weighted by Gasteiger charge is -2.24. The van der Waals surface area contributed by atoms with Crippen LogP contribution in [0.2, 0.25) is 0 Å². The van der Waals surface area contributed by atoms with Crippen molar-refractivity contribution in [2.24, 2.45) is 0 Å². The Bertz CT molecular complexity index is 2910. The van der Waals surface area contributed by atoms with Crippen LogP contribution in [0.1, 0.15) is 52.0 Å². The highest BCUT2D eigenvalue weighted by atomic mass is 16.7. The van der Waals surface area contributed by atoms with E-state index < -0.39 is 12.2 Å². The lowest BCUT2D eigenvalue weighted by atomic mass is 10.0. The number of hydrogen-bond acceptors (Lipinski definition) is 6. The van der Waals surface area contributed by atoms with Crippen molar-refractivity contribution in [3.05, 3.63) is 264 Å². The Morgan fingerprint density at radius 3 is 1.36 bits per heavy atom. The Morgan fingerprint density at radius 2 is 0.870 bits per heavy atom. The maximum absolute atomic E-state index is 10.3. The fourth-order valence-corrected chi connectivity index (χ4v) is 8.86. The lowest BCUT2D eigenvalue weighted by Crippen LogP contribution is -2.33. The van der Waals surface area contributed by atoms with Gasteiger partial charge in [0.1, 0.15) is 12.2 Å². The highest BCUT2D eigenvalue weighted by Crippen LogP contribution is 2.25. The zero-order valence-electron chi connectivity index (χ0n) is 40.4. The van der Waals surface area contributed by atoms with E-state index in [0.717, 1.165) is 43.7 Å². The van der Waals surface area contributed by atoms with Crippen molar-refractivity contribution in [2.75, 3.05) is 34.2 Å². The number of fused-ring (bicyclic) bond motifs is 3. The first-order valence-corrected chi connectivity index (χ1v) is 24.0. The minimum Gasteiger partial charge on any atom is -0.389 e. The van der Waals surface area contributed by atoms with Gasteiger partial charge < -0.3 is 15.1 Å².